The zero-order chi connectivity index (χ0) is 13.8. The number of allylic oxidation sites excluding steroid dienone is 1. The molecule has 0 heterocycles. The summed E-state index contributed by atoms with van der Waals surface area (Å²) in [5.41, 5.74) is 0. The van der Waals surface area contributed by atoms with E-state index in [0.717, 1.165) is 51.5 Å². The molecule has 0 aromatic rings. The molecule has 0 bridgehead atoms. The van der Waals surface area contributed by atoms with Crippen molar-refractivity contribution in [3.05, 3.63) is 12.7 Å². The van der Waals surface area contributed by atoms with Crippen LogP contribution in [0.4, 0.5) is 0 Å². The van der Waals surface area contributed by atoms with Gasteiger partial charge in [-0.25, -0.2) is 0 Å². The number of aliphatic imine (C=N–C) groups is 1. The fraction of sp³-hybridized carbons (Fsp3) is 0.786. The topological polar surface area (TPSA) is 30.9 Å². The molecular formula is C14H31IN4. The van der Waals surface area contributed by atoms with E-state index in [1.165, 1.54) is 0 Å². The highest BCUT2D eigenvalue weighted by Gasteiger charge is 2.04. The summed E-state index contributed by atoms with van der Waals surface area (Å²) < 4.78 is 0. The molecule has 114 valence electrons. The molecule has 0 fully saturated rings. The summed E-state index contributed by atoms with van der Waals surface area (Å²) in [6.07, 6.45) is 4.15. The minimum Gasteiger partial charge on any atom is -0.357 e. The van der Waals surface area contributed by atoms with Crippen molar-refractivity contribution in [2.75, 3.05) is 46.8 Å². The van der Waals surface area contributed by atoms with Gasteiger partial charge in [0.05, 0.1) is 6.54 Å². The van der Waals surface area contributed by atoms with E-state index in [0.29, 0.717) is 0 Å². The Labute approximate surface area is 136 Å². The van der Waals surface area contributed by atoms with Crippen molar-refractivity contribution in [1.29, 1.82) is 0 Å². The molecular weight excluding hydrogens is 351 g/mol. The third kappa shape index (κ3) is 11.2. The number of likely N-dealkylation sites (N-methyl/N-ethyl adjacent to an activating group) is 1. The summed E-state index contributed by atoms with van der Waals surface area (Å²) in [4.78, 5) is 9.11. The third-order valence-electron chi connectivity index (χ3n) is 2.88. The van der Waals surface area contributed by atoms with Gasteiger partial charge in [-0.05, 0) is 33.4 Å². The van der Waals surface area contributed by atoms with Gasteiger partial charge in [-0.15, -0.1) is 30.6 Å². The Morgan fingerprint density at radius 2 is 1.95 bits per heavy atom. The Balaban J connectivity index is 0. The molecule has 0 atom stereocenters. The molecule has 0 rings (SSSR count). The summed E-state index contributed by atoms with van der Waals surface area (Å²) >= 11 is 0. The van der Waals surface area contributed by atoms with Crippen LogP contribution in [0.1, 0.15) is 26.7 Å². The predicted octanol–water partition coefficient (Wildman–Crippen LogP) is 2.42. The highest BCUT2D eigenvalue weighted by Crippen LogP contribution is 1.95. The maximum absolute atomic E-state index is 4.64. The largest absolute Gasteiger partial charge is 0.357 e. The number of hydrogen-bond acceptors (Lipinski definition) is 2. The minimum atomic E-state index is 0. The molecule has 0 unspecified atom stereocenters. The summed E-state index contributed by atoms with van der Waals surface area (Å²) in [5.74, 6) is 1.01. The van der Waals surface area contributed by atoms with Crippen LogP contribution >= 0.6 is 24.0 Å². The van der Waals surface area contributed by atoms with Crippen LogP contribution in [-0.2, 0) is 0 Å². The number of hydrogen-bond donors (Lipinski definition) is 1. The molecule has 0 saturated carbocycles. The zero-order valence-corrected chi connectivity index (χ0v) is 15.3. The lowest BCUT2D eigenvalue weighted by Gasteiger charge is -2.22. The van der Waals surface area contributed by atoms with Crippen molar-refractivity contribution >= 4 is 29.9 Å². The van der Waals surface area contributed by atoms with Crippen molar-refractivity contribution in [3.63, 3.8) is 0 Å². The molecule has 0 amide bonds. The second kappa shape index (κ2) is 14.1. The van der Waals surface area contributed by atoms with Crippen LogP contribution < -0.4 is 5.32 Å². The first kappa shape index (κ1) is 21.0. The quantitative estimate of drug-likeness (QED) is 0.219. The van der Waals surface area contributed by atoms with E-state index in [2.05, 4.69) is 54.6 Å². The van der Waals surface area contributed by atoms with E-state index in [1.54, 1.807) is 0 Å². The summed E-state index contributed by atoms with van der Waals surface area (Å²) in [5, 5.41) is 3.33. The maximum Gasteiger partial charge on any atom is 0.193 e. The van der Waals surface area contributed by atoms with E-state index < -0.39 is 0 Å². The highest BCUT2D eigenvalue weighted by molar-refractivity contribution is 14.0. The molecule has 0 saturated heterocycles. The average Bonchev–Trinajstić information content (AvgIpc) is 2.37. The first-order valence-corrected chi connectivity index (χ1v) is 6.94. The second-order valence-electron chi connectivity index (χ2n) is 4.48. The Morgan fingerprint density at radius 3 is 2.47 bits per heavy atom. The van der Waals surface area contributed by atoms with Gasteiger partial charge in [0.2, 0.25) is 0 Å². The van der Waals surface area contributed by atoms with Crippen molar-refractivity contribution in [3.8, 4) is 0 Å². The standard InChI is InChI=1S/C14H30N4.HI/c1-6-9-10-12-18(5)14(15-7-2)16-11-13-17(4)8-3;/h6H,1,7-13H2,2-5H3,(H,15,16);1H. The van der Waals surface area contributed by atoms with Gasteiger partial charge in [0, 0.05) is 26.7 Å². The molecule has 0 aromatic carbocycles. The molecule has 0 aromatic heterocycles. The van der Waals surface area contributed by atoms with Crippen molar-refractivity contribution < 1.29 is 0 Å². The molecule has 0 radical (unpaired) electrons. The molecule has 0 aliphatic heterocycles. The summed E-state index contributed by atoms with van der Waals surface area (Å²) in [6.45, 7) is 12.9. The minimum absolute atomic E-state index is 0. The van der Waals surface area contributed by atoms with Gasteiger partial charge in [-0.2, -0.15) is 0 Å². The van der Waals surface area contributed by atoms with E-state index in [-0.39, 0.29) is 24.0 Å². The lowest BCUT2D eigenvalue weighted by Crippen LogP contribution is -2.40. The Bertz CT molecular complexity index is 244. The van der Waals surface area contributed by atoms with E-state index >= 15 is 0 Å². The van der Waals surface area contributed by atoms with Gasteiger partial charge in [-0.3, -0.25) is 4.99 Å². The zero-order valence-electron chi connectivity index (χ0n) is 13.0. The average molecular weight is 382 g/mol. The summed E-state index contributed by atoms with van der Waals surface area (Å²) in [7, 11) is 4.21. The lowest BCUT2D eigenvalue weighted by atomic mass is 10.3. The van der Waals surface area contributed by atoms with Crippen LogP contribution in [0.25, 0.3) is 0 Å². The summed E-state index contributed by atoms with van der Waals surface area (Å²) in [6, 6.07) is 0. The van der Waals surface area contributed by atoms with E-state index in [4.69, 9.17) is 0 Å². The third-order valence-corrected chi connectivity index (χ3v) is 2.88. The molecule has 0 spiro atoms. The first-order valence-electron chi connectivity index (χ1n) is 6.94. The predicted molar refractivity (Wildman–Crippen MR) is 96.6 cm³/mol. The van der Waals surface area contributed by atoms with Crippen molar-refractivity contribution in [1.82, 2.24) is 15.1 Å². The SMILES string of the molecule is C=CCCCN(C)C(=NCCN(C)CC)NCC.I. The van der Waals surface area contributed by atoms with Crippen LogP contribution in [-0.4, -0.2) is 62.6 Å². The smallest absolute Gasteiger partial charge is 0.193 e. The number of nitrogens with one attached hydrogen (secondary N) is 1. The van der Waals surface area contributed by atoms with Crippen molar-refractivity contribution in [2.45, 2.75) is 26.7 Å². The van der Waals surface area contributed by atoms with Crippen molar-refractivity contribution in [2.24, 2.45) is 4.99 Å². The van der Waals surface area contributed by atoms with Gasteiger partial charge >= 0.3 is 0 Å². The molecule has 5 heteroatoms. The van der Waals surface area contributed by atoms with Gasteiger partial charge in [0.25, 0.3) is 0 Å². The van der Waals surface area contributed by atoms with E-state index in [9.17, 15) is 0 Å². The van der Waals surface area contributed by atoms with E-state index in [1.807, 2.05) is 6.08 Å². The Morgan fingerprint density at radius 1 is 1.26 bits per heavy atom. The highest BCUT2D eigenvalue weighted by atomic mass is 127. The van der Waals surface area contributed by atoms with Gasteiger partial charge in [0.1, 0.15) is 0 Å². The molecule has 1 N–H and O–H groups in total. The fourth-order valence-electron chi connectivity index (χ4n) is 1.53. The Hall–Kier alpha value is -0.300. The molecule has 0 aliphatic carbocycles. The second-order valence-corrected chi connectivity index (χ2v) is 4.48. The lowest BCUT2D eigenvalue weighted by molar-refractivity contribution is 0.361. The van der Waals surface area contributed by atoms with Gasteiger partial charge in [-0.1, -0.05) is 13.0 Å². The van der Waals surface area contributed by atoms with Crippen LogP contribution in [0.2, 0.25) is 0 Å². The van der Waals surface area contributed by atoms with Crippen LogP contribution in [0, 0.1) is 0 Å². The monoisotopic (exact) mass is 382 g/mol. The van der Waals surface area contributed by atoms with Crippen LogP contribution in [0.3, 0.4) is 0 Å². The number of nitrogens with zero attached hydrogens (tertiary/aromatic N) is 3. The Kier molecular flexibility index (Phi) is 15.6. The molecule has 0 aliphatic rings. The maximum atomic E-state index is 4.64. The van der Waals surface area contributed by atoms with Gasteiger partial charge < -0.3 is 15.1 Å². The number of rotatable bonds is 9. The molecule has 4 nitrogen and oxygen atoms in total. The normalized spacial score (nSPS) is 11.1. The van der Waals surface area contributed by atoms with Crippen LogP contribution in [0.15, 0.2) is 17.6 Å². The fourth-order valence-corrected chi connectivity index (χ4v) is 1.53. The number of halogens is 1. The van der Waals surface area contributed by atoms with Gasteiger partial charge in [0.15, 0.2) is 5.96 Å². The molecule has 19 heavy (non-hydrogen) atoms. The van der Waals surface area contributed by atoms with Crippen LogP contribution in [0.5, 0.6) is 0 Å². The number of guanidine groups is 1. The first-order chi connectivity index (χ1) is 8.65. The number of unbranched alkanes of at least 4 members (excludes halogenated alkanes) is 1.